The topological polar surface area (TPSA) is 85.3 Å². The Morgan fingerprint density at radius 1 is 1.03 bits per heavy atom. The van der Waals surface area contributed by atoms with Gasteiger partial charge in [0.15, 0.2) is 17.6 Å². The quantitative estimate of drug-likeness (QED) is 0.364. The number of methoxy groups -OCH3 is 1. The highest BCUT2D eigenvalue weighted by molar-refractivity contribution is 5.88. The normalized spacial score (nSPS) is 15.5. The lowest BCUT2D eigenvalue weighted by molar-refractivity contribution is -0.158. The number of unbranched alkanes of at least 4 members (excludes halogenated alkanes) is 1. The standard InChI is InChI=1S/C30H33NO6/c1-3-4-17-36-27(22-13-9-6-10-14-22)29(32)31-19-23-15-16-26(35-2)28(24(23)18-25(31)30(33)34)37-20-21-11-7-5-8-12-21/h5-16,25,27H,3-4,17-20H2,1-2H3,(H,33,34)/t25-,27-/m1/s1. The Balaban J connectivity index is 1.65. The zero-order valence-electron chi connectivity index (χ0n) is 21.3. The minimum absolute atomic E-state index is 0.105. The van der Waals surface area contributed by atoms with E-state index in [2.05, 4.69) is 6.92 Å². The minimum Gasteiger partial charge on any atom is -0.493 e. The smallest absolute Gasteiger partial charge is 0.326 e. The fourth-order valence-corrected chi connectivity index (χ4v) is 4.55. The summed E-state index contributed by atoms with van der Waals surface area (Å²) < 4.78 is 17.7. The summed E-state index contributed by atoms with van der Waals surface area (Å²) in [5.74, 6) is -0.385. The number of aliphatic carboxylic acids is 1. The second kappa shape index (κ2) is 12.4. The molecule has 0 aromatic heterocycles. The predicted molar refractivity (Wildman–Crippen MR) is 139 cm³/mol. The lowest BCUT2D eigenvalue weighted by Gasteiger charge is -2.37. The van der Waals surface area contributed by atoms with E-state index >= 15 is 0 Å². The Labute approximate surface area is 217 Å². The average molecular weight is 504 g/mol. The van der Waals surface area contributed by atoms with Crippen LogP contribution in [0, 0.1) is 0 Å². The Kier molecular flexibility index (Phi) is 8.80. The molecule has 0 aliphatic carbocycles. The molecule has 3 aromatic carbocycles. The molecule has 4 rings (SSSR count). The lowest BCUT2D eigenvalue weighted by Crippen LogP contribution is -2.50. The largest absolute Gasteiger partial charge is 0.493 e. The summed E-state index contributed by atoms with van der Waals surface area (Å²) in [6.07, 6.45) is 0.971. The van der Waals surface area contributed by atoms with Crippen molar-refractivity contribution >= 4 is 11.9 Å². The molecule has 1 aliphatic heterocycles. The summed E-state index contributed by atoms with van der Waals surface area (Å²) in [7, 11) is 1.56. The molecule has 0 saturated carbocycles. The molecule has 0 fully saturated rings. The van der Waals surface area contributed by atoms with Crippen LogP contribution in [0.1, 0.15) is 48.1 Å². The van der Waals surface area contributed by atoms with Gasteiger partial charge in [-0.15, -0.1) is 0 Å². The SMILES string of the molecule is CCCCO[C@@H](C(=O)N1Cc2ccc(OC)c(OCc3ccccc3)c2C[C@@H]1C(=O)O)c1ccccc1. The van der Waals surface area contributed by atoms with Crippen molar-refractivity contribution in [3.63, 3.8) is 0 Å². The van der Waals surface area contributed by atoms with E-state index in [0.717, 1.165) is 29.5 Å². The van der Waals surface area contributed by atoms with Crippen molar-refractivity contribution < 1.29 is 28.9 Å². The molecule has 3 aromatic rings. The van der Waals surface area contributed by atoms with Gasteiger partial charge in [-0.1, -0.05) is 80.1 Å². The number of rotatable bonds is 11. The van der Waals surface area contributed by atoms with E-state index in [0.29, 0.717) is 30.3 Å². The van der Waals surface area contributed by atoms with Crippen LogP contribution in [0.25, 0.3) is 0 Å². The number of benzene rings is 3. The zero-order chi connectivity index (χ0) is 26.2. The monoisotopic (exact) mass is 503 g/mol. The molecule has 194 valence electrons. The van der Waals surface area contributed by atoms with Crippen LogP contribution in [-0.2, 0) is 33.9 Å². The fourth-order valence-electron chi connectivity index (χ4n) is 4.55. The molecule has 7 nitrogen and oxygen atoms in total. The van der Waals surface area contributed by atoms with Gasteiger partial charge in [0.25, 0.3) is 5.91 Å². The number of hydrogen-bond acceptors (Lipinski definition) is 5. The molecule has 1 heterocycles. The summed E-state index contributed by atoms with van der Waals surface area (Å²) in [4.78, 5) is 27.7. The third kappa shape index (κ3) is 6.12. The van der Waals surface area contributed by atoms with Crippen LogP contribution < -0.4 is 9.47 Å². The number of amides is 1. The molecular formula is C30H33NO6. The van der Waals surface area contributed by atoms with Gasteiger partial charge in [0.05, 0.1) is 7.11 Å². The van der Waals surface area contributed by atoms with E-state index in [9.17, 15) is 14.7 Å². The van der Waals surface area contributed by atoms with Gasteiger partial charge >= 0.3 is 5.97 Å². The second-order valence-corrected chi connectivity index (χ2v) is 9.05. The number of hydrogen-bond donors (Lipinski definition) is 1. The van der Waals surface area contributed by atoms with E-state index in [1.54, 1.807) is 13.2 Å². The van der Waals surface area contributed by atoms with Crippen LogP contribution >= 0.6 is 0 Å². The third-order valence-electron chi connectivity index (χ3n) is 6.56. The highest BCUT2D eigenvalue weighted by Gasteiger charge is 2.40. The predicted octanol–water partition coefficient (Wildman–Crippen LogP) is 5.17. The minimum atomic E-state index is -1.07. The van der Waals surface area contributed by atoms with Crippen LogP contribution in [0.2, 0.25) is 0 Å². The van der Waals surface area contributed by atoms with Gasteiger partial charge in [0.2, 0.25) is 0 Å². The van der Waals surface area contributed by atoms with Crippen molar-refractivity contribution in [3.05, 3.63) is 95.1 Å². The van der Waals surface area contributed by atoms with Crippen molar-refractivity contribution in [2.24, 2.45) is 0 Å². The van der Waals surface area contributed by atoms with Crippen LogP contribution in [0.5, 0.6) is 11.5 Å². The first-order valence-corrected chi connectivity index (χ1v) is 12.6. The molecule has 0 spiro atoms. The molecule has 0 saturated heterocycles. The van der Waals surface area contributed by atoms with Crippen LogP contribution in [-0.4, -0.2) is 41.6 Å². The van der Waals surface area contributed by atoms with E-state index in [4.69, 9.17) is 14.2 Å². The first-order chi connectivity index (χ1) is 18.0. The van der Waals surface area contributed by atoms with Gasteiger partial charge in [0, 0.05) is 25.1 Å². The zero-order valence-corrected chi connectivity index (χ0v) is 21.3. The van der Waals surface area contributed by atoms with Gasteiger partial charge in [-0.3, -0.25) is 4.79 Å². The maximum absolute atomic E-state index is 13.8. The van der Waals surface area contributed by atoms with Gasteiger partial charge < -0.3 is 24.2 Å². The molecular weight excluding hydrogens is 470 g/mol. The molecule has 0 bridgehead atoms. The molecule has 1 N–H and O–H groups in total. The Morgan fingerprint density at radius 2 is 1.73 bits per heavy atom. The number of carbonyl (C=O) groups excluding carboxylic acids is 1. The molecule has 1 amide bonds. The fraction of sp³-hybridized carbons (Fsp3) is 0.333. The first kappa shape index (κ1) is 26.2. The van der Waals surface area contributed by atoms with Crippen molar-refractivity contribution in [2.75, 3.05) is 13.7 Å². The number of fused-ring (bicyclic) bond motifs is 1. The van der Waals surface area contributed by atoms with E-state index in [1.807, 2.05) is 66.7 Å². The molecule has 0 radical (unpaired) electrons. The van der Waals surface area contributed by atoms with Crippen LogP contribution in [0.3, 0.4) is 0 Å². The highest BCUT2D eigenvalue weighted by atomic mass is 16.5. The molecule has 1 aliphatic rings. The molecule has 7 heteroatoms. The maximum Gasteiger partial charge on any atom is 0.326 e. The highest BCUT2D eigenvalue weighted by Crippen LogP contribution is 2.39. The van der Waals surface area contributed by atoms with Gasteiger partial charge in [-0.05, 0) is 29.2 Å². The Morgan fingerprint density at radius 3 is 2.38 bits per heavy atom. The van der Waals surface area contributed by atoms with Crippen LogP contribution in [0.4, 0.5) is 0 Å². The average Bonchev–Trinajstić information content (AvgIpc) is 2.94. The van der Waals surface area contributed by atoms with Crippen molar-refractivity contribution in [2.45, 2.75) is 51.5 Å². The number of nitrogens with zero attached hydrogens (tertiary/aromatic N) is 1. The number of carboxylic acid groups (broad SMARTS) is 1. The molecule has 0 unspecified atom stereocenters. The summed E-state index contributed by atoms with van der Waals surface area (Å²) in [6, 6.07) is 21.6. The summed E-state index contributed by atoms with van der Waals surface area (Å²) in [5.41, 5.74) is 3.27. The van der Waals surface area contributed by atoms with Gasteiger partial charge in [-0.2, -0.15) is 0 Å². The molecule has 37 heavy (non-hydrogen) atoms. The third-order valence-corrected chi connectivity index (χ3v) is 6.56. The summed E-state index contributed by atoms with van der Waals surface area (Å²) in [5, 5.41) is 10.2. The lowest BCUT2D eigenvalue weighted by atomic mass is 9.91. The Hall–Kier alpha value is -3.84. The Bertz CT molecular complexity index is 1200. The van der Waals surface area contributed by atoms with Gasteiger partial charge in [0.1, 0.15) is 12.6 Å². The summed E-state index contributed by atoms with van der Waals surface area (Å²) in [6.45, 7) is 2.92. The van der Waals surface area contributed by atoms with Gasteiger partial charge in [-0.25, -0.2) is 4.79 Å². The maximum atomic E-state index is 13.8. The molecule has 2 atom stereocenters. The van der Waals surface area contributed by atoms with E-state index < -0.39 is 18.1 Å². The van der Waals surface area contributed by atoms with E-state index in [-0.39, 0.29) is 18.9 Å². The van der Waals surface area contributed by atoms with Crippen molar-refractivity contribution in [1.29, 1.82) is 0 Å². The van der Waals surface area contributed by atoms with E-state index in [1.165, 1.54) is 4.90 Å². The summed E-state index contributed by atoms with van der Waals surface area (Å²) >= 11 is 0. The number of carboxylic acids is 1. The number of ether oxygens (including phenoxy) is 3. The second-order valence-electron chi connectivity index (χ2n) is 9.05. The van der Waals surface area contributed by atoms with Crippen LogP contribution in [0.15, 0.2) is 72.8 Å². The first-order valence-electron chi connectivity index (χ1n) is 12.6. The van der Waals surface area contributed by atoms with Crippen molar-refractivity contribution in [1.82, 2.24) is 4.90 Å². The number of carbonyl (C=O) groups is 2. The van der Waals surface area contributed by atoms with Crippen molar-refractivity contribution in [3.8, 4) is 11.5 Å².